The van der Waals surface area contributed by atoms with Gasteiger partial charge in [0, 0.05) is 12.8 Å². The first-order valence-corrected chi connectivity index (χ1v) is 3.85. The zero-order chi connectivity index (χ0) is 7.66. The molecule has 2 heteroatoms. The van der Waals surface area contributed by atoms with E-state index >= 15 is 0 Å². The number of nitrogens with one attached hydrogen (secondary N) is 1. The van der Waals surface area contributed by atoms with Gasteiger partial charge in [0.25, 0.3) is 0 Å². The predicted octanol–water partition coefficient (Wildman–Crippen LogP) is 2.39. The highest BCUT2D eigenvalue weighted by Gasteiger charge is 1.86. The van der Waals surface area contributed by atoms with Gasteiger partial charge < -0.3 is 10.1 Å². The molecule has 0 saturated heterocycles. The van der Waals surface area contributed by atoms with Gasteiger partial charge in [-0.3, -0.25) is 0 Å². The molecule has 0 saturated carbocycles. The van der Waals surface area contributed by atoms with E-state index < -0.39 is 0 Å². The highest BCUT2D eigenvalue weighted by atomic mass is 16.5. The molecule has 0 aromatic rings. The quantitative estimate of drug-likeness (QED) is 0.429. The Balaban J connectivity index is 2.70. The van der Waals surface area contributed by atoms with Gasteiger partial charge in [0.15, 0.2) is 0 Å². The average Bonchev–Trinajstić information content (AvgIpc) is 1.97. The van der Waals surface area contributed by atoms with E-state index in [2.05, 4.69) is 6.92 Å². The SMILES string of the molecule is CCCCCCO[CH]C=N. The third-order valence-corrected chi connectivity index (χ3v) is 1.28. The third-order valence-electron chi connectivity index (χ3n) is 1.28. The summed E-state index contributed by atoms with van der Waals surface area (Å²) in [6.07, 6.45) is 6.06. The minimum absolute atomic E-state index is 0.759. The lowest BCUT2D eigenvalue weighted by atomic mass is 10.2. The van der Waals surface area contributed by atoms with E-state index in [1.807, 2.05) is 0 Å². The number of unbranched alkanes of at least 4 members (excludes halogenated alkanes) is 3. The first-order valence-electron chi connectivity index (χ1n) is 3.85. The van der Waals surface area contributed by atoms with Gasteiger partial charge in [0.05, 0.1) is 0 Å². The van der Waals surface area contributed by atoms with Crippen molar-refractivity contribution in [2.75, 3.05) is 6.61 Å². The van der Waals surface area contributed by atoms with E-state index in [0.29, 0.717) is 0 Å². The monoisotopic (exact) mass is 142 g/mol. The Morgan fingerprint density at radius 1 is 1.30 bits per heavy atom. The van der Waals surface area contributed by atoms with E-state index in [1.54, 1.807) is 0 Å². The summed E-state index contributed by atoms with van der Waals surface area (Å²) in [5.74, 6) is 0. The summed E-state index contributed by atoms with van der Waals surface area (Å²) >= 11 is 0. The van der Waals surface area contributed by atoms with Crippen LogP contribution in [-0.2, 0) is 4.74 Å². The fourth-order valence-corrected chi connectivity index (χ4v) is 0.728. The molecule has 2 nitrogen and oxygen atoms in total. The van der Waals surface area contributed by atoms with E-state index in [-0.39, 0.29) is 0 Å². The molecule has 1 N–H and O–H groups in total. The van der Waals surface area contributed by atoms with Crippen molar-refractivity contribution in [2.24, 2.45) is 0 Å². The minimum Gasteiger partial charge on any atom is -0.369 e. The van der Waals surface area contributed by atoms with Crippen LogP contribution in [0, 0.1) is 12.0 Å². The molecular formula is C8H16NO. The summed E-state index contributed by atoms with van der Waals surface area (Å²) in [4.78, 5) is 0. The van der Waals surface area contributed by atoms with E-state index in [0.717, 1.165) is 13.0 Å². The normalized spacial score (nSPS) is 9.70. The Morgan fingerprint density at radius 2 is 2.10 bits per heavy atom. The Bertz CT molecular complexity index is 73.7. The molecule has 10 heavy (non-hydrogen) atoms. The number of hydrogen-bond acceptors (Lipinski definition) is 2. The first kappa shape index (κ1) is 9.63. The summed E-state index contributed by atoms with van der Waals surface area (Å²) in [6.45, 7) is 4.37. The molecule has 0 rings (SSSR count). The largest absolute Gasteiger partial charge is 0.369 e. The topological polar surface area (TPSA) is 33.1 Å². The second-order valence-corrected chi connectivity index (χ2v) is 2.23. The lowest BCUT2D eigenvalue weighted by molar-refractivity contribution is 0.216. The molecule has 1 radical (unpaired) electrons. The zero-order valence-corrected chi connectivity index (χ0v) is 6.60. The minimum atomic E-state index is 0.759. The van der Waals surface area contributed by atoms with Crippen molar-refractivity contribution in [3.63, 3.8) is 0 Å². The van der Waals surface area contributed by atoms with Gasteiger partial charge in [-0.2, -0.15) is 0 Å². The highest BCUT2D eigenvalue weighted by molar-refractivity contribution is 5.61. The van der Waals surface area contributed by atoms with Crippen molar-refractivity contribution >= 4 is 6.21 Å². The molecular weight excluding hydrogens is 126 g/mol. The lowest BCUT2D eigenvalue weighted by Gasteiger charge is -1.98. The molecule has 0 aliphatic rings. The molecule has 0 unspecified atom stereocenters. The fourth-order valence-electron chi connectivity index (χ4n) is 0.728. The van der Waals surface area contributed by atoms with Crippen molar-refractivity contribution in [1.29, 1.82) is 5.41 Å². The summed E-state index contributed by atoms with van der Waals surface area (Å²) in [7, 11) is 0. The van der Waals surface area contributed by atoms with Gasteiger partial charge in [-0.1, -0.05) is 26.2 Å². The molecule has 0 aromatic carbocycles. The van der Waals surface area contributed by atoms with Crippen LogP contribution in [0.2, 0.25) is 0 Å². The smallest absolute Gasteiger partial charge is 0.123 e. The van der Waals surface area contributed by atoms with Crippen LogP contribution in [0.15, 0.2) is 0 Å². The molecule has 0 amide bonds. The average molecular weight is 142 g/mol. The van der Waals surface area contributed by atoms with Crippen molar-refractivity contribution < 1.29 is 4.74 Å². The van der Waals surface area contributed by atoms with E-state index in [4.69, 9.17) is 10.1 Å². The molecule has 0 aromatic heterocycles. The maximum atomic E-state index is 6.61. The van der Waals surface area contributed by atoms with E-state index in [9.17, 15) is 0 Å². The summed E-state index contributed by atoms with van der Waals surface area (Å²) in [6, 6.07) is 0. The van der Waals surface area contributed by atoms with Crippen LogP contribution in [0.4, 0.5) is 0 Å². The van der Waals surface area contributed by atoms with Gasteiger partial charge in [-0.15, -0.1) is 0 Å². The molecule has 0 atom stereocenters. The van der Waals surface area contributed by atoms with Crippen LogP contribution in [0.5, 0.6) is 0 Å². The van der Waals surface area contributed by atoms with Gasteiger partial charge in [-0.25, -0.2) is 0 Å². The van der Waals surface area contributed by atoms with Crippen molar-refractivity contribution in [3.8, 4) is 0 Å². The molecule has 0 spiro atoms. The molecule has 0 aliphatic carbocycles. The maximum absolute atomic E-state index is 6.61. The second kappa shape index (κ2) is 8.63. The molecule has 0 bridgehead atoms. The van der Waals surface area contributed by atoms with Crippen LogP contribution in [0.25, 0.3) is 0 Å². The number of hydrogen-bond donors (Lipinski definition) is 1. The number of ether oxygens (including phenoxy) is 1. The lowest BCUT2D eigenvalue weighted by Crippen LogP contribution is -1.91. The predicted molar refractivity (Wildman–Crippen MR) is 43.2 cm³/mol. The first-order chi connectivity index (χ1) is 4.91. The zero-order valence-electron chi connectivity index (χ0n) is 6.60. The van der Waals surface area contributed by atoms with Gasteiger partial charge in [0.2, 0.25) is 0 Å². The molecule has 0 fully saturated rings. The van der Waals surface area contributed by atoms with E-state index in [1.165, 1.54) is 32.1 Å². The van der Waals surface area contributed by atoms with Crippen molar-refractivity contribution in [3.05, 3.63) is 6.61 Å². The summed E-state index contributed by atoms with van der Waals surface area (Å²) in [5, 5.41) is 6.61. The highest BCUT2D eigenvalue weighted by Crippen LogP contribution is 1.98. The van der Waals surface area contributed by atoms with Crippen molar-refractivity contribution in [2.45, 2.75) is 32.6 Å². The van der Waals surface area contributed by atoms with Crippen LogP contribution in [0.1, 0.15) is 32.6 Å². The van der Waals surface area contributed by atoms with Gasteiger partial charge >= 0.3 is 0 Å². The Morgan fingerprint density at radius 3 is 2.70 bits per heavy atom. The Hall–Kier alpha value is -0.370. The second-order valence-electron chi connectivity index (χ2n) is 2.23. The standard InChI is InChI=1S/C8H16NO/c1-2-3-4-5-7-10-8-6-9/h6,8-9H,2-5,7H2,1H3. The molecule has 59 valence electrons. The fraction of sp³-hybridized carbons (Fsp3) is 0.750. The van der Waals surface area contributed by atoms with Gasteiger partial charge in [-0.05, 0) is 6.42 Å². The van der Waals surface area contributed by atoms with Gasteiger partial charge in [0.1, 0.15) is 6.61 Å². The van der Waals surface area contributed by atoms with Crippen molar-refractivity contribution in [1.82, 2.24) is 0 Å². The Kier molecular flexibility index (Phi) is 8.31. The summed E-state index contributed by atoms with van der Waals surface area (Å²) in [5.41, 5.74) is 0. The van der Waals surface area contributed by atoms with Crippen LogP contribution in [0.3, 0.4) is 0 Å². The molecule has 0 aliphatic heterocycles. The van der Waals surface area contributed by atoms with Crippen LogP contribution >= 0.6 is 0 Å². The summed E-state index contributed by atoms with van der Waals surface area (Å²) < 4.78 is 4.96. The van der Waals surface area contributed by atoms with Crippen LogP contribution < -0.4 is 0 Å². The molecule has 0 heterocycles. The Labute approximate surface area is 63.1 Å². The maximum Gasteiger partial charge on any atom is 0.123 e. The van der Waals surface area contributed by atoms with Crippen LogP contribution in [-0.4, -0.2) is 12.8 Å². The number of rotatable bonds is 7. The third kappa shape index (κ3) is 7.63.